The fraction of sp³-hybridized carbons (Fsp3) is 0.0769. The van der Waals surface area contributed by atoms with E-state index in [0.29, 0.717) is 16.3 Å². The van der Waals surface area contributed by atoms with Crippen LogP contribution >= 0.6 is 11.6 Å². The first-order valence-electron chi connectivity index (χ1n) is 5.61. The highest BCUT2D eigenvalue weighted by molar-refractivity contribution is 6.30. The maximum absolute atomic E-state index is 13.5. The molecule has 2 aromatic rings. The van der Waals surface area contributed by atoms with Gasteiger partial charge in [0.1, 0.15) is 11.5 Å². The number of nitrogens with zero attached hydrogens (tertiary/aromatic N) is 1. The first-order valence-corrected chi connectivity index (χ1v) is 5.99. The minimum absolute atomic E-state index is 0.130. The average Bonchev–Trinajstić information content (AvgIpc) is 2.38. The molecule has 2 rings (SSSR count). The van der Waals surface area contributed by atoms with Gasteiger partial charge in [-0.05, 0) is 18.2 Å². The molecule has 0 unspecified atom stereocenters. The van der Waals surface area contributed by atoms with E-state index < -0.39 is 16.4 Å². The van der Waals surface area contributed by atoms with Crippen molar-refractivity contribution in [1.82, 2.24) is 0 Å². The van der Waals surface area contributed by atoms with E-state index in [1.807, 2.05) is 0 Å². The summed E-state index contributed by atoms with van der Waals surface area (Å²) in [6.07, 6.45) is 0. The van der Waals surface area contributed by atoms with Gasteiger partial charge >= 0.3 is 5.69 Å². The zero-order valence-corrected chi connectivity index (χ0v) is 10.9. The number of halogens is 2. The molecule has 0 atom stereocenters. The maximum atomic E-state index is 13.5. The van der Waals surface area contributed by atoms with Crippen molar-refractivity contribution in [1.29, 1.82) is 0 Å². The Morgan fingerprint density at radius 2 is 2.05 bits per heavy atom. The summed E-state index contributed by atoms with van der Waals surface area (Å²) in [4.78, 5) is 9.73. The standard InChI is InChI=1S/C13H10ClFN2O3/c14-9-2-1-8(7-16)13(5-9)20-10-3-4-12(17(18)19)11(15)6-10/h1-6H,7,16H2. The molecule has 2 aromatic carbocycles. The molecular weight excluding hydrogens is 287 g/mol. The smallest absolute Gasteiger partial charge is 0.305 e. The lowest BCUT2D eigenvalue weighted by molar-refractivity contribution is -0.387. The van der Waals surface area contributed by atoms with Crippen molar-refractivity contribution in [3.8, 4) is 11.5 Å². The van der Waals surface area contributed by atoms with Crippen molar-refractivity contribution in [2.24, 2.45) is 5.73 Å². The van der Waals surface area contributed by atoms with Gasteiger partial charge in [0, 0.05) is 29.3 Å². The Morgan fingerprint density at radius 1 is 1.30 bits per heavy atom. The topological polar surface area (TPSA) is 78.4 Å². The summed E-state index contributed by atoms with van der Waals surface area (Å²) in [6.45, 7) is 0.224. The lowest BCUT2D eigenvalue weighted by atomic mass is 10.2. The van der Waals surface area contributed by atoms with Gasteiger partial charge in [-0.3, -0.25) is 10.1 Å². The van der Waals surface area contributed by atoms with Gasteiger partial charge in [0.2, 0.25) is 5.82 Å². The van der Waals surface area contributed by atoms with Gasteiger partial charge in [-0.15, -0.1) is 0 Å². The van der Waals surface area contributed by atoms with Crippen LogP contribution in [0.3, 0.4) is 0 Å². The number of nitro groups is 1. The van der Waals surface area contributed by atoms with E-state index in [-0.39, 0.29) is 12.3 Å². The second-order valence-corrected chi connectivity index (χ2v) is 4.36. The van der Waals surface area contributed by atoms with Crippen LogP contribution in [0.5, 0.6) is 11.5 Å². The third-order valence-electron chi connectivity index (χ3n) is 2.59. The Bertz CT molecular complexity index is 664. The molecule has 7 heteroatoms. The van der Waals surface area contributed by atoms with Crippen LogP contribution in [0.15, 0.2) is 36.4 Å². The number of rotatable bonds is 4. The first-order chi connectivity index (χ1) is 9.51. The monoisotopic (exact) mass is 296 g/mol. The van der Waals surface area contributed by atoms with Gasteiger partial charge in [0.15, 0.2) is 0 Å². The normalized spacial score (nSPS) is 10.3. The van der Waals surface area contributed by atoms with Crippen LogP contribution in [0.4, 0.5) is 10.1 Å². The highest BCUT2D eigenvalue weighted by Gasteiger charge is 2.15. The SMILES string of the molecule is NCc1ccc(Cl)cc1Oc1ccc([N+](=O)[O-])c(F)c1. The third kappa shape index (κ3) is 3.04. The molecule has 0 aliphatic carbocycles. The lowest BCUT2D eigenvalue weighted by Crippen LogP contribution is -2.00. The van der Waals surface area contributed by atoms with Crippen molar-refractivity contribution in [2.75, 3.05) is 0 Å². The molecule has 0 amide bonds. The van der Waals surface area contributed by atoms with Crippen LogP contribution in [0.1, 0.15) is 5.56 Å². The Kier molecular flexibility index (Phi) is 4.16. The minimum atomic E-state index is -0.969. The Labute approximate surface area is 118 Å². The summed E-state index contributed by atoms with van der Waals surface area (Å²) in [7, 11) is 0. The predicted octanol–water partition coefficient (Wildman–Crippen LogP) is 3.64. The number of hydrogen-bond acceptors (Lipinski definition) is 4. The molecule has 0 saturated heterocycles. The molecule has 0 spiro atoms. The second-order valence-electron chi connectivity index (χ2n) is 3.93. The van der Waals surface area contributed by atoms with Crippen molar-refractivity contribution >= 4 is 17.3 Å². The van der Waals surface area contributed by atoms with Gasteiger partial charge in [-0.1, -0.05) is 17.7 Å². The molecule has 0 saturated carbocycles. The first kappa shape index (κ1) is 14.2. The quantitative estimate of drug-likeness (QED) is 0.690. The Morgan fingerprint density at radius 3 is 2.65 bits per heavy atom. The summed E-state index contributed by atoms with van der Waals surface area (Å²) >= 11 is 5.85. The molecule has 5 nitrogen and oxygen atoms in total. The molecule has 2 N–H and O–H groups in total. The maximum Gasteiger partial charge on any atom is 0.305 e. The fourth-order valence-electron chi connectivity index (χ4n) is 1.62. The number of nitro benzene ring substituents is 1. The van der Waals surface area contributed by atoms with E-state index in [0.717, 1.165) is 12.1 Å². The molecule has 0 bridgehead atoms. The largest absolute Gasteiger partial charge is 0.457 e. The van der Waals surface area contributed by atoms with Crippen LogP contribution in [0.2, 0.25) is 5.02 Å². The number of benzene rings is 2. The van der Waals surface area contributed by atoms with Crippen LogP contribution in [0.25, 0.3) is 0 Å². The van der Waals surface area contributed by atoms with Gasteiger partial charge in [-0.25, -0.2) is 0 Å². The van der Waals surface area contributed by atoms with E-state index in [2.05, 4.69) is 0 Å². The molecule has 0 radical (unpaired) electrons. The van der Waals surface area contributed by atoms with Crippen LogP contribution < -0.4 is 10.5 Å². The van der Waals surface area contributed by atoms with Gasteiger partial charge in [0.25, 0.3) is 0 Å². The van der Waals surface area contributed by atoms with Crippen molar-refractivity contribution in [3.63, 3.8) is 0 Å². The molecule has 0 heterocycles. The van der Waals surface area contributed by atoms with Crippen LogP contribution in [0, 0.1) is 15.9 Å². The molecular formula is C13H10ClFN2O3. The summed E-state index contributed by atoms with van der Waals surface area (Å²) in [6, 6.07) is 8.19. The zero-order chi connectivity index (χ0) is 14.7. The summed E-state index contributed by atoms with van der Waals surface area (Å²) < 4.78 is 19.0. The van der Waals surface area contributed by atoms with E-state index in [9.17, 15) is 14.5 Å². The van der Waals surface area contributed by atoms with Crippen molar-refractivity contribution < 1.29 is 14.1 Å². The van der Waals surface area contributed by atoms with E-state index in [4.69, 9.17) is 22.1 Å². The molecule has 0 aliphatic heterocycles. The molecule has 104 valence electrons. The Balaban J connectivity index is 2.33. The van der Waals surface area contributed by atoms with E-state index in [1.165, 1.54) is 6.07 Å². The molecule has 20 heavy (non-hydrogen) atoms. The number of ether oxygens (including phenoxy) is 1. The van der Waals surface area contributed by atoms with E-state index >= 15 is 0 Å². The third-order valence-corrected chi connectivity index (χ3v) is 2.83. The minimum Gasteiger partial charge on any atom is -0.457 e. The van der Waals surface area contributed by atoms with Gasteiger partial charge in [-0.2, -0.15) is 4.39 Å². The predicted molar refractivity (Wildman–Crippen MR) is 72.5 cm³/mol. The van der Waals surface area contributed by atoms with Gasteiger partial charge in [0.05, 0.1) is 4.92 Å². The fourth-order valence-corrected chi connectivity index (χ4v) is 1.78. The van der Waals surface area contributed by atoms with Crippen LogP contribution in [-0.2, 0) is 6.54 Å². The summed E-state index contributed by atoms with van der Waals surface area (Å²) in [5.41, 5.74) is 5.64. The number of nitrogens with two attached hydrogens (primary N) is 1. The highest BCUT2D eigenvalue weighted by atomic mass is 35.5. The number of hydrogen-bond donors (Lipinski definition) is 1. The molecule has 0 aliphatic rings. The van der Waals surface area contributed by atoms with Crippen molar-refractivity contribution in [3.05, 3.63) is 62.9 Å². The van der Waals surface area contributed by atoms with Crippen molar-refractivity contribution in [2.45, 2.75) is 6.54 Å². The molecule has 0 fully saturated rings. The molecule has 0 aromatic heterocycles. The van der Waals surface area contributed by atoms with E-state index in [1.54, 1.807) is 18.2 Å². The van der Waals surface area contributed by atoms with Crippen LogP contribution in [-0.4, -0.2) is 4.92 Å². The Hall–Kier alpha value is -2.18. The lowest BCUT2D eigenvalue weighted by Gasteiger charge is -2.10. The second kappa shape index (κ2) is 5.85. The highest BCUT2D eigenvalue weighted by Crippen LogP contribution is 2.30. The summed E-state index contributed by atoms with van der Waals surface area (Å²) in [5, 5.41) is 11.0. The van der Waals surface area contributed by atoms with Gasteiger partial charge < -0.3 is 10.5 Å². The average molecular weight is 297 g/mol. The summed E-state index contributed by atoms with van der Waals surface area (Å²) in [5.74, 6) is -0.456. The zero-order valence-electron chi connectivity index (χ0n) is 10.2.